The molecule has 2 aliphatic heterocycles. The number of carbonyl (C=O) groups is 1. The maximum Gasteiger partial charge on any atom is 0.223 e. The molecule has 24 heavy (non-hydrogen) atoms. The first-order chi connectivity index (χ1) is 11.8. The summed E-state index contributed by atoms with van der Waals surface area (Å²) in [5.41, 5.74) is 2.26. The molecule has 1 atom stereocenters. The molecule has 0 aromatic carbocycles. The van der Waals surface area contributed by atoms with Crippen molar-refractivity contribution in [1.29, 1.82) is 0 Å². The highest BCUT2D eigenvalue weighted by molar-refractivity contribution is 5.77. The minimum atomic E-state index is 0.244. The molecule has 7 heteroatoms. The molecule has 0 aliphatic carbocycles. The second kappa shape index (κ2) is 6.76. The number of fused-ring (bicyclic) bond motifs is 1. The van der Waals surface area contributed by atoms with Gasteiger partial charge in [-0.1, -0.05) is 0 Å². The van der Waals surface area contributed by atoms with Crippen LogP contribution in [-0.2, 0) is 30.8 Å². The van der Waals surface area contributed by atoms with Crippen LogP contribution in [-0.4, -0.2) is 49.5 Å². The van der Waals surface area contributed by atoms with Gasteiger partial charge in [-0.15, -0.1) is 0 Å². The van der Waals surface area contributed by atoms with Crippen LogP contribution in [0.5, 0.6) is 0 Å². The summed E-state index contributed by atoms with van der Waals surface area (Å²) >= 11 is 0. The van der Waals surface area contributed by atoms with E-state index in [4.69, 9.17) is 0 Å². The van der Waals surface area contributed by atoms with Gasteiger partial charge in [-0.3, -0.25) is 14.2 Å². The van der Waals surface area contributed by atoms with E-state index in [-0.39, 0.29) is 11.9 Å². The summed E-state index contributed by atoms with van der Waals surface area (Å²) in [4.78, 5) is 14.7. The summed E-state index contributed by atoms with van der Waals surface area (Å²) in [6, 6.07) is 4.33. The quantitative estimate of drug-likeness (QED) is 0.882. The fourth-order valence-corrected chi connectivity index (χ4v) is 3.73. The van der Waals surface area contributed by atoms with Gasteiger partial charge in [0.05, 0.1) is 30.5 Å². The van der Waals surface area contributed by atoms with E-state index in [2.05, 4.69) is 26.3 Å². The lowest BCUT2D eigenvalue weighted by Gasteiger charge is -2.24. The first-order valence-electron chi connectivity index (χ1n) is 8.83. The van der Waals surface area contributed by atoms with Gasteiger partial charge in [-0.2, -0.15) is 10.2 Å². The second-order valence-corrected chi connectivity index (χ2v) is 6.64. The smallest absolute Gasteiger partial charge is 0.223 e. The number of aryl methyl sites for hydroxylation is 1. The fraction of sp³-hybridized carbons (Fsp3) is 0.588. The van der Waals surface area contributed by atoms with Crippen molar-refractivity contribution in [2.45, 2.75) is 51.4 Å². The van der Waals surface area contributed by atoms with Crippen molar-refractivity contribution in [3.8, 4) is 0 Å². The molecule has 1 N–H and O–H groups in total. The highest BCUT2D eigenvalue weighted by atomic mass is 16.2. The number of hydrogen-bond acceptors (Lipinski definition) is 4. The van der Waals surface area contributed by atoms with Crippen molar-refractivity contribution in [2.24, 2.45) is 0 Å². The van der Waals surface area contributed by atoms with Crippen LogP contribution in [0, 0.1) is 0 Å². The van der Waals surface area contributed by atoms with Crippen molar-refractivity contribution in [3.63, 3.8) is 0 Å². The number of carbonyl (C=O) groups excluding carboxylic acids is 1. The third kappa shape index (κ3) is 3.21. The van der Waals surface area contributed by atoms with Crippen LogP contribution in [0.15, 0.2) is 24.5 Å². The third-order valence-corrected chi connectivity index (χ3v) is 4.97. The standard InChI is InChI=1S/C17H24N6O/c24-17(5-4-14-11-16-12-18-7-10-23(16)20-14)22-9-1-3-15(22)13-21-8-2-6-19-21/h2,6,8,11,15,18H,1,3-5,7,9-10,12-13H2/t15-/m0/s1. The Morgan fingerprint density at radius 3 is 3.17 bits per heavy atom. The predicted octanol–water partition coefficient (Wildman–Crippen LogP) is 0.807. The average Bonchev–Trinajstić information content (AvgIpc) is 3.33. The van der Waals surface area contributed by atoms with Crippen LogP contribution in [0.25, 0.3) is 0 Å². The number of hydrogen-bond donors (Lipinski definition) is 1. The molecule has 4 heterocycles. The maximum absolute atomic E-state index is 12.7. The van der Waals surface area contributed by atoms with E-state index in [1.165, 1.54) is 5.69 Å². The molecule has 2 aromatic heterocycles. The Balaban J connectivity index is 1.34. The number of nitrogens with zero attached hydrogens (tertiary/aromatic N) is 5. The van der Waals surface area contributed by atoms with Crippen molar-refractivity contribution in [1.82, 2.24) is 29.8 Å². The molecule has 0 bridgehead atoms. The molecule has 0 spiro atoms. The lowest BCUT2D eigenvalue weighted by atomic mass is 10.2. The van der Waals surface area contributed by atoms with E-state index >= 15 is 0 Å². The Morgan fingerprint density at radius 2 is 2.33 bits per heavy atom. The van der Waals surface area contributed by atoms with Crippen LogP contribution < -0.4 is 5.32 Å². The van der Waals surface area contributed by atoms with E-state index in [9.17, 15) is 4.79 Å². The molecule has 1 amide bonds. The summed E-state index contributed by atoms with van der Waals surface area (Å²) in [7, 11) is 0. The van der Waals surface area contributed by atoms with Gasteiger partial charge in [0, 0.05) is 44.9 Å². The summed E-state index contributed by atoms with van der Waals surface area (Å²) in [6.07, 6.45) is 7.17. The molecule has 1 fully saturated rings. The van der Waals surface area contributed by atoms with Crippen molar-refractivity contribution < 1.29 is 4.79 Å². The molecule has 2 aliphatic rings. The third-order valence-electron chi connectivity index (χ3n) is 4.97. The van der Waals surface area contributed by atoms with Crippen molar-refractivity contribution >= 4 is 5.91 Å². The largest absolute Gasteiger partial charge is 0.338 e. The maximum atomic E-state index is 12.7. The molecular formula is C17H24N6O. The zero-order valence-corrected chi connectivity index (χ0v) is 13.9. The van der Waals surface area contributed by atoms with E-state index < -0.39 is 0 Å². The Kier molecular flexibility index (Phi) is 4.34. The van der Waals surface area contributed by atoms with Crippen molar-refractivity contribution in [2.75, 3.05) is 13.1 Å². The number of likely N-dealkylation sites (tertiary alicyclic amines) is 1. The van der Waals surface area contributed by atoms with Crippen LogP contribution >= 0.6 is 0 Å². The molecule has 7 nitrogen and oxygen atoms in total. The summed E-state index contributed by atoms with van der Waals surface area (Å²) in [5, 5.41) is 12.2. The van der Waals surface area contributed by atoms with E-state index in [0.29, 0.717) is 6.42 Å². The Morgan fingerprint density at radius 1 is 1.38 bits per heavy atom. The summed E-state index contributed by atoms with van der Waals surface area (Å²) in [6.45, 7) is 4.42. The Bertz CT molecular complexity index is 669. The predicted molar refractivity (Wildman–Crippen MR) is 89.2 cm³/mol. The minimum Gasteiger partial charge on any atom is -0.338 e. The lowest BCUT2D eigenvalue weighted by molar-refractivity contribution is -0.132. The lowest BCUT2D eigenvalue weighted by Crippen LogP contribution is -2.38. The van der Waals surface area contributed by atoms with Gasteiger partial charge in [0.15, 0.2) is 0 Å². The highest BCUT2D eigenvalue weighted by Gasteiger charge is 2.28. The number of nitrogens with one attached hydrogen (secondary N) is 1. The first kappa shape index (κ1) is 15.4. The van der Waals surface area contributed by atoms with E-state index in [1.807, 2.05) is 21.8 Å². The van der Waals surface area contributed by atoms with Crippen LogP contribution in [0.1, 0.15) is 30.7 Å². The number of amides is 1. The van der Waals surface area contributed by atoms with Gasteiger partial charge in [-0.05, 0) is 25.0 Å². The number of aromatic nitrogens is 4. The van der Waals surface area contributed by atoms with Crippen molar-refractivity contribution in [3.05, 3.63) is 35.9 Å². The molecule has 0 saturated carbocycles. The van der Waals surface area contributed by atoms with Gasteiger partial charge in [0.1, 0.15) is 0 Å². The second-order valence-electron chi connectivity index (χ2n) is 6.64. The summed E-state index contributed by atoms with van der Waals surface area (Å²) < 4.78 is 3.99. The zero-order chi connectivity index (χ0) is 16.4. The SMILES string of the molecule is O=C(CCc1cc2n(n1)CCNC2)N1CCC[C@H]1Cn1cccn1. The molecular weight excluding hydrogens is 304 g/mol. The molecule has 0 radical (unpaired) electrons. The zero-order valence-electron chi connectivity index (χ0n) is 13.9. The summed E-state index contributed by atoms with van der Waals surface area (Å²) in [5.74, 6) is 0.244. The molecule has 4 rings (SSSR count). The normalized spacial score (nSPS) is 20.3. The van der Waals surface area contributed by atoms with Crippen LogP contribution in [0.4, 0.5) is 0 Å². The van der Waals surface area contributed by atoms with E-state index in [1.54, 1.807) is 6.20 Å². The molecule has 128 valence electrons. The monoisotopic (exact) mass is 328 g/mol. The number of rotatable bonds is 5. The molecule has 2 aromatic rings. The van der Waals surface area contributed by atoms with Crippen LogP contribution in [0.2, 0.25) is 0 Å². The minimum absolute atomic E-state index is 0.244. The van der Waals surface area contributed by atoms with Gasteiger partial charge >= 0.3 is 0 Å². The Hall–Kier alpha value is -2.15. The van der Waals surface area contributed by atoms with Gasteiger partial charge in [-0.25, -0.2) is 0 Å². The Labute approximate surface area is 141 Å². The van der Waals surface area contributed by atoms with Gasteiger partial charge < -0.3 is 10.2 Å². The topological polar surface area (TPSA) is 68.0 Å². The van der Waals surface area contributed by atoms with Gasteiger partial charge in [0.25, 0.3) is 0 Å². The first-order valence-corrected chi connectivity index (χ1v) is 8.83. The average molecular weight is 328 g/mol. The fourth-order valence-electron chi connectivity index (χ4n) is 3.73. The highest BCUT2D eigenvalue weighted by Crippen LogP contribution is 2.20. The van der Waals surface area contributed by atoms with Crippen LogP contribution in [0.3, 0.4) is 0 Å². The van der Waals surface area contributed by atoms with Gasteiger partial charge in [0.2, 0.25) is 5.91 Å². The molecule has 0 unspecified atom stereocenters. The molecule has 1 saturated heterocycles. The van der Waals surface area contributed by atoms with E-state index in [0.717, 1.165) is 57.7 Å².